The number of likely N-dealkylation sites (tertiary alicyclic amines) is 1. The fourth-order valence-corrected chi connectivity index (χ4v) is 2.77. The molecule has 0 aromatic heterocycles. The van der Waals surface area contributed by atoms with Gasteiger partial charge < -0.3 is 5.32 Å². The third-order valence-corrected chi connectivity index (χ3v) is 3.66. The van der Waals surface area contributed by atoms with Crippen LogP contribution in [-0.2, 0) is 0 Å². The molecule has 2 heterocycles. The van der Waals surface area contributed by atoms with E-state index in [1.807, 2.05) is 4.90 Å². The van der Waals surface area contributed by atoms with Gasteiger partial charge in [-0.2, -0.15) is 13.2 Å². The third-order valence-electron chi connectivity index (χ3n) is 3.66. The summed E-state index contributed by atoms with van der Waals surface area (Å²) in [6.45, 7) is 6.32. The molecule has 2 aliphatic heterocycles. The molecule has 2 nitrogen and oxygen atoms in total. The molecule has 2 rings (SSSR count). The van der Waals surface area contributed by atoms with E-state index in [-0.39, 0.29) is 18.4 Å². The molecule has 2 unspecified atom stereocenters. The Morgan fingerprint density at radius 3 is 2.56 bits per heavy atom. The minimum absolute atomic E-state index is 0.201. The van der Waals surface area contributed by atoms with Crippen molar-refractivity contribution in [3.05, 3.63) is 6.92 Å². The molecule has 0 aromatic carbocycles. The van der Waals surface area contributed by atoms with E-state index in [2.05, 4.69) is 12.2 Å². The van der Waals surface area contributed by atoms with Crippen molar-refractivity contribution in [3.63, 3.8) is 0 Å². The molecule has 0 aliphatic carbocycles. The third kappa shape index (κ3) is 2.51. The van der Waals surface area contributed by atoms with Gasteiger partial charge in [0, 0.05) is 19.1 Å². The van der Waals surface area contributed by atoms with Crippen LogP contribution >= 0.6 is 0 Å². The van der Waals surface area contributed by atoms with Gasteiger partial charge in [-0.25, -0.2) is 0 Å². The molecule has 93 valence electrons. The summed E-state index contributed by atoms with van der Waals surface area (Å²) < 4.78 is 38.6. The Hall–Kier alpha value is -0.290. The lowest BCUT2D eigenvalue weighted by molar-refractivity contribution is -0.196. The summed E-state index contributed by atoms with van der Waals surface area (Å²) in [6, 6.07) is -0.388. The van der Waals surface area contributed by atoms with Crippen molar-refractivity contribution < 1.29 is 13.2 Å². The predicted octanol–water partition coefficient (Wildman–Crippen LogP) is 1.68. The van der Waals surface area contributed by atoms with Crippen LogP contribution in [0.5, 0.6) is 0 Å². The number of nitrogens with zero attached hydrogens (tertiary/aromatic N) is 1. The van der Waals surface area contributed by atoms with Gasteiger partial charge >= 0.3 is 6.18 Å². The van der Waals surface area contributed by atoms with Crippen molar-refractivity contribution in [1.29, 1.82) is 0 Å². The second-order valence-corrected chi connectivity index (χ2v) is 4.86. The Morgan fingerprint density at radius 1 is 1.25 bits per heavy atom. The van der Waals surface area contributed by atoms with E-state index in [1.54, 1.807) is 0 Å². The zero-order chi connectivity index (χ0) is 11.8. The van der Waals surface area contributed by atoms with Gasteiger partial charge in [0.05, 0.1) is 5.92 Å². The number of hydrogen-bond acceptors (Lipinski definition) is 2. The number of rotatable bonds is 1. The number of hydrogen-bond donors (Lipinski definition) is 1. The van der Waals surface area contributed by atoms with Crippen molar-refractivity contribution in [1.82, 2.24) is 10.2 Å². The molecular weight excluding hydrogens is 217 g/mol. The second kappa shape index (κ2) is 4.53. The van der Waals surface area contributed by atoms with E-state index in [4.69, 9.17) is 0 Å². The Bertz CT molecular complexity index is 242. The summed E-state index contributed by atoms with van der Waals surface area (Å²) in [4.78, 5) is 1.96. The highest BCUT2D eigenvalue weighted by Gasteiger charge is 2.48. The van der Waals surface area contributed by atoms with Crippen LogP contribution in [0.1, 0.15) is 12.8 Å². The minimum Gasteiger partial charge on any atom is -0.315 e. The SMILES string of the molecule is [CH2][C@@H]1CCN(C2CNCCC2C(F)(F)F)C1. The maximum Gasteiger partial charge on any atom is 0.393 e. The molecule has 0 amide bonds. The average Bonchev–Trinajstić information content (AvgIpc) is 2.64. The molecule has 1 N–H and O–H groups in total. The molecule has 0 aromatic rings. The van der Waals surface area contributed by atoms with E-state index in [9.17, 15) is 13.2 Å². The first-order valence-corrected chi connectivity index (χ1v) is 5.83. The Balaban J connectivity index is 2.05. The second-order valence-electron chi connectivity index (χ2n) is 4.86. The van der Waals surface area contributed by atoms with Gasteiger partial charge in [-0.3, -0.25) is 4.90 Å². The van der Waals surface area contributed by atoms with Crippen molar-refractivity contribution in [2.75, 3.05) is 26.2 Å². The molecule has 5 heteroatoms. The Kier molecular flexibility index (Phi) is 3.45. The van der Waals surface area contributed by atoms with Crippen LogP contribution in [0.4, 0.5) is 13.2 Å². The lowest BCUT2D eigenvalue weighted by Crippen LogP contribution is -2.54. The van der Waals surface area contributed by atoms with Gasteiger partial charge in [-0.15, -0.1) is 0 Å². The average molecular weight is 235 g/mol. The van der Waals surface area contributed by atoms with E-state index in [0.29, 0.717) is 19.6 Å². The summed E-state index contributed by atoms with van der Waals surface area (Å²) in [5.74, 6) is -0.880. The molecule has 0 bridgehead atoms. The molecule has 2 aliphatic rings. The summed E-state index contributed by atoms with van der Waals surface area (Å²) in [5, 5.41) is 3.07. The normalized spacial score (nSPS) is 37.9. The van der Waals surface area contributed by atoms with Gasteiger partial charge in [-0.1, -0.05) is 0 Å². The summed E-state index contributed by atoms with van der Waals surface area (Å²) >= 11 is 0. The fourth-order valence-electron chi connectivity index (χ4n) is 2.77. The smallest absolute Gasteiger partial charge is 0.315 e. The first-order chi connectivity index (χ1) is 7.48. The summed E-state index contributed by atoms with van der Waals surface area (Å²) in [5.41, 5.74) is 0. The van der Waals surface area contributed by atoms with Crippen LogP contribution in [0.25, 0.3) is 0 Å². The number of nitrogens with one attached hydrogen (secondary N) is 1. The highest BCUT2D eigenvalue weighted by atomic mass is 19.4. The van der Waals surface area contributed by atoms with Crippen LogP contribution in [0.3, 0.4) is 0 Å². The van der Waals surface area contributed by atoms with Gasteiger partial charge in [0.1, 0.15) is 0 Å². The van der Waals surface area contributed by atoms with Gasteiger partial charge in [-0.05, 0) is 38.8 Å². The van der Waals surface area contributed by atoms with Gasteiger partial charge in [0.2, 0.25) is 0 Å². The quantitative estimate of drug-likeness (QED) is 0.744. The Labute approximate surface area is 94.2 Å². The number of halogens is 3. The topological polar surface area (TPSA) is 15.3 Å². The lowest BCUT2D eigenvalue weighted by atomic mass is 9.91. The molecule has 16 heavy (non-hydrogen) atoms. The number of piperidine rings is 1. The zero-order valence-electron chi connectivity index (χ0n) is 9.26. The summed E-state index contributed by atoms with van der Waals surface area (Å²) in [7, 11) is 0. The van der Waals surface area contributed by atoms with Crippen molar-refractivity contribution in [2.45, 2.75) is 25.1 Å². The minimum atomic E-state index is -4.06. The predicted molar refractivity (Wildman–Crippen MR) is 55.9 cm³/mol. The fraction of sp³-hybridized carbons (Fsp3) is 0.909. The number of alkyl halides is 3. The Morgan fingerprint density at radius 2 is 2.00 bits per heavy atom. The van der Waals surface area contributed by atoms with Crippen molar-refractivity contribution in [2.24, 2.45) is 11.8 Å². The molecule has 0 saturated carbocycles. The molecule has 1 radical (unpaired) electrons. The maximum atomic E-state index is 12.9. The first-order valence-electron chi connectivity index (χ1n) is 5.83. The van der Waals surface area contributed by atoms with Gasteiger partial charge in [0.25, 0.3) is 0 Å². The van der Waals surface area contributed by atoms with Crippen molar-refractivity contribution in [3.8, 4) is 0 Å². The molecule has 2 saturated heterocycles. The van der Waals surface area contributed by atoms with E-state index >= 15 is 0 Å². The highest BCUT2D eigenvalue weighted by Crippen LogP contribution is 2.36. The standard InChI is InChI=1S/C11H18F3N2/c1-8-3-5-16(7-8)10-6-15-4-2-9(10)11(12,13)14/h8-10,15H,1-7H2/t8-,9?,10?/m1/s1. The van der Waals surface area contributed by atoms with Crippen LogP contribution in [0, 0.1) is 18.8 Å². The van der Waals surface area contributed by atoms with E-state index in [0.717, 1.165) is 13.0 Å². The lowest BCUT2D eigenvalue weighted by Gasteiger charge is -2.39. The summed E-state index contributed by atoms with van der Waals surface area (Å²) in [6.07, 6.45) is -2.94. The molecular formula is C11H18F3N2. The van der Waals surface area contributed by atoms with E-state index < -0.39 is 12.1 Å². The maximum absolute atomic E-state index is 12.9. The van der Waals surface area contributed by atoms with Gasteiger partial charge in [0.15, 0.2) is 0 Å². The van der Waals surface area contributed by atoms with Crippen molar-refractivity contribution >= 4 is 0 Å². The van der Waals surface area contributed by atoms with E-state index in [1.165, 1.54) is 0 Å². The van der Waals surface area contributed by atoms with Crippen LogP contribution in [0.15, 0.2) is 0 Å². The largest absolute Gasteiger partial charge is 0.393 e. The highest BCUT2D eigenvalue weighted by molar-refractivity contribution is 4.92. The molecule has 0 spiro atoms. The zero-order valence-corrected chi connectivity index (χ0v) is 9.26. The van der Waals surface area contributed by atoms with Crippen LogP contribution < -0.4 is 5.32 Å². The first kappa shape index (κ1) is 12.2. The van der Waals surface area contributed by atoms with Crippen LogP contribution in [0.2, 0.25) is 0 Å². The monoisotopic (exact) mass is 235 g/mol. The molecule has 2 fully saturated rings. The van der Waals surface area contributed by atoms with Crippen LogP contribution in [-0.4, -0.2) is 43.3 Å². The molecule has 3 atom stereocenters.